The summed E-state index contributed by atoms with van der Waals surface area (Å²) < 4.78 is 0. The van der Waals surface area contributed by atoms with Gasteiger partial charge < -0.3 is 5.32 Å². The number of rotatable bonds is 8. The van der Waals surface area contributed by atoms with Crippen LogP contribution in [-0.4, -0.2) is 13.1 Å². The Bertz CT molecular complexity index is 326. The summed E-state index contributed by atoms with van der Waals surface area (Å²) in [5.74, 6) is 0. The third-order valence-electron chi connectivity index (χ3n) is 2.73. The number of nitrogens with one attached hydrogen (secondary N) is 1. The molecule has 0 saturated heterocycles. The quantitative estimate of drug-likeness (QED) is 0.677. The molecule has 0 unspecified atom stereocenters. The molecule has 0 aliphatic carbocycles. The fraction of sp³-hybridized carbons (Fsp3) is 0.571. The van der Waals surface area contributed by atoms with Gasteiger partial charge in [0.25, 0.3) is 0 Å². The topological polar surface area (TPSA) is 12.0 Å². The van der Waals surface area contributed by atoms with Crippen molar-refractivity contribution in [2.24, 2.45) is 0 Å². The van der Waals surface area contributed by atoms with E-state index in [0.717, 1.165) is 19.5 Å². The molecule has 0 amide bonds. The average Bonchev–Trinajstić information content (AvgIpc) is 2.32. The van der Waals surface area contributed by atoms with E-state index >= 15 is 0 Å². The van der Waals surface area contributed by atoms with Crippen molar-refractivity contribution in [2.45, 2.75) is 39.0 Å². The molecule has 0 fully saturated rings. The summed E-state index contributed by atoms with van der Waals surface area (Å²) in [6, 6.07) is 5.91. The molecule has 0 aliphatic rings. The van der Waals surface area contributed by atoms with Gasteiger partial charge in [-0.2, -0.15) is 0 Å². The zero-order valence-corrected chi connectivity index (χ0v) is 11.9. The molecule has 96 valence electrons. The Morgan fingerprint density at radius 1 is 1.00 bits per heavy atom. The van der Waals surface area contributed by atoms with E-state index in [4.69, 9.17) is 23.2 Å². The molecule has 0 aliphatic heterocycles. The molecular weight excluding hydrogens is 253 g/mol. The number of hydrogen-bond acceptors (Lipinski definition) is 1. The first kappa shape index (κ1) is 14.8. The van der Waals surface area contributed by atoms with Gasteiger partial charge in [0.05, 0.1) is 10.0 Å². The smallest absolute Gasteiger partial charge is 0.0595 e. The second-order valence-electron chi connectivity index (χ2n) is 4.31. The molecule has 0 bridgehead atoms. The van der Waals surface area contributed by atoms with Crippen LogP contribution in [0, 0.1) is 0 Å². The standard InChI is InChI=1S/C14H21Cl2N/c1-2-9-17-10-5-3-4-6-12-7-8-13(15)14(16)11-12/h7-8,11,17H,2-6,9-10H2,1H3. The summed E-state index contributed by atoms with van der Waals surface area (Å²) in [6.07, 6.45) is 6.03. The van der Waals surface area contributed by atoms with Gasteiger partial charge in [0.1, 0.15) is 0 Å². The molecule has 17 heavy (non-hydrogen) atoms. The summed E-state index contributed by atoms with van der Waals surface area (Å²) in [5.41, 5.74) is 1.28. The second kappa shape index (κ2) is 8.79. The van der Waals surface area contributed by atoms with Crippen LogP contribution in [0.5, 0.6) is 0 Å². The summed E-state index contributed by atoms with van der Waals surface area (Å²) in [5, 5.41) is 4.71. The van der Waals surface area contributed by atoms with Gasteiger partial charge in [0.15, 0.2) is 0 Å². The molecule has 1 rings (SSSR count). The lowest BCUT2D eigenvalue weighted by molar-refractivity contribution is 0.599. The lowest BCUT2D eigenvalue weighted by Gasteiger charge is -2.04. The highest BCUT2D eigenvalue weighted by atomic mass is 35.5. The SMILES string of the molecule is CCCNCCCCCc1ccc(Cl)c(Cl)c1. The van der Waals surface area contributed by atoms with Crippen LogP contribution in [0.2, 0.25) is 10.0 Å². The van der Waals surface area contributed by atoms with Crippen molar-refractivity contribution in [2.75, 3.05) is 13.1 Å². The van der Waals surface area contributed by atoms with E-state index in [0.29, 0.717) is 10.0 Å². The van der Waals surface area contributed by atoms with Crippen molar-refractivity contribution in [3.63, 3.8) is 0 Å². The zero-order valence-electron chi connectivity index (χ0n) is 10.4. The van der Waals surface area contributed by atoms with Crippen LogP contribution in [0.1, 0.15) is 38.2 Å². The predicted octanol–water partition coefficient (Wildman–Crippen LogP) is 4.71. The maximum atomic E-state index is 5.97. The fourth-order valence-corrected chi connectivity index (χ4v) is 2.07. The lowest BCUT2D eigenvalue weighted by Crippen LogP contribution is -2.15. The molecule has 0 saturated carbocycles. The molecule has 3 heteroatoms. The van der Waals surface area contributed by atoms with Gasteiger partial charge in [-0.3, -0.25) is 0 Å². The van der Waals surface area contributed by atoms with Crippen LogP contribution >= 0.6 is 23.2 Å². The van der Waals surface area contributed by atoms with E-state index in [1.165, 1.54) is 31.2 Å². The number of unbranched alkanes of at least 4 members (excludes halogenated alkanes) is 2. The van der Waals surface area contributed by atoms with Crippen LogP contribution in [0.15, 0.2) is 18.2 Å². The van der Waals surface area contributed by atoms with Crippen molar-refractivity contribution in [3.8, 4) is 0 Å². The molecule has 1 N–H and O–H groups in total. The van der Waals surface area contributed by atoms with E-state index in [-0.39, 0.29) is 0 Å². The summed E-state index contributed by atoms with van der Waals surface area (Å²) in [6.45, 7) is 4.46. The normalized spacial score (nSPS) is 10.8. The van der Waals surface area contributed by atoms with Gasteiger partial charge in [-0.15, -0.1) is 0 Å². The molecule has 0 heterocycles. The van der Waals surface area contributed by atoms with Crippen molar-refractivity contribution < 1.29 is 0 Å². The van der Waals surface area contributed by atoms with E-state index in [1.54, 1.807) is 0 Å². The molecule has 0 atom stereocenters. The minimum Gasteiger partial charge on any atom is -0.317 e. The van der Waals surface area contributed by atoms with Gasteiger partial charge >= 0.3 is 0 Å². The van der Waals surface area contributed by atoms with Crippen LogP contribution in [0.25, 0.3) is 0 Å². The Labute approximate surface area is 115 Å². The highest BCUT2D eigenvalue weighted by Crippen LogP contribution is 2.23. The lowest BCUT2D eigenvalue weighted by atomic mass is 10.1. The van der Waals surface area contributed by atoms with Gasteiger partial charge in [-0.05, 0) is 56.5 Å². The number of hydrogen-bond donors (Lipinski definition) is 1. The molecular formula is C14H21Cl2N. The van der Waals surface area contributed by atoms with E-state index < -0.39 is 0 Å². The van der Waals surface area contributed by atoms with Crippen LogP contribution in [0.3, 0.4) is 0 Å². The summed E-state index contributed by atoms with van der Waals surface area (Å²) in [7, 11) is 0. The highest BCUT2D eigenvalue weighted by molar-refractivity contribution is 6.42. The number of aryl methyl sites for hydroxylation is 1. The fourth-order valence-electron chi connectivity index (χ4n) is 1.75. The largest absolute Gasteiger partial charge is 0.317 e. The van der Waals surface area contributed by atoms with Crippen molar-refractivity contribution in [1.82, 2.24) is 5.32 Å². The average molecular weight is 274 g/mol. The Hall–Kier alpha value is -0.240. The minimum absolute atomic E-state index is 0.638. The molecule has 0 spiro atoms. The number of benzene rings is 1. The van der Waals surface area contributed by atoms with E-state index in [9.17, 15) is 0 Å². The third-order valence-corrected chi connectivity index (χ3v) is 3.47. The predicted molar refractivity (Wildman–Crippen MR) is 77.2 cm³/mol. The Balaban J connectivity index is 2.11. The molecule has 0 radical (unpaired) electrons. The van der Waals surface area contributed by atoms with Crippen LogP contribution < -0.4 is 5.32 Å². The first-order chi connectivity index (χ1) is 8.24. The first-order valence-electron chi connectivity index (χ1n) is 6.38. The molecule has 1 aromatic rings. The zero-order chi connectivity index (χ0) is 12.5. The summed E-state index contributed by atoms with van der Waals surface area (Å²) in [4.78, 5) is 0. The third kappa shape index (κ3) is 6.30. The van der Waals surface area contributed by atoms with E-state index in [1.807, 2.05) is 12.1 Å². The van der Waals surface area contributed by atoms with Gasteiger partial charge in [-0.25, -0.2) is 0 Å². The summed E-state index contributed by atoms with van der Waals surface area (Å²) >= 11 is 11.8. The second-order valence-corrected chi connectivity index (χ2v) is 5.12. The van der Waals surface area contributed by atoms with Crippen LogP contribution in [0.4, 0.5) is 0 Å². The van der Waals surface area contributed by atoms with Crippen molar-refractivity contribution in [3.05, 3.63) is 33.8 Å². The molecule has 0 aromatic heterocycles. The van der Waals surface area contributed by atoms with E-state index in [2.05, 4.69) is 18.3 Å². The monoisotopic (exact) mass is 273 g/mol. The van der Waals surface area contributed by atoms with Gasteiger partial charge in [-0.1, -0.05) is 42.6 Å². The van der Waals surface area contributed by atoms with Crippen molar-refractivity contribution in [1.29, 1.82) is 0 Å². The Morgan fingerprint density at radius 2 is 1.82 bits per heavy atom. The van der Waals surface area contributed by atoms with Gasteiger partial charge in [0, 0.05) is 0 Å². The molecule has 1 aromatic carbocycles. The number of halogens is 2. The Morgan fingerprint density at radius 3 is 2.53 bits per heavy atom. The van der Waals surface area contributed by atoms with Gasteiger partial charge in [0.2, 0.25) is 0 Å². The first-order valence-corrected chi connectivity index (χ1v) is 7.14. The maximum absolute atomic E-state index is 5.97. The highest BCUT2D eigenvalue weighted by Gasteiger charge is 1.99. The molecule has 1 nitrogen and oxygen atoms in total. The Kier molecular flexibility index (Phi) is 7.67. The van der Waals surface area contributed by atoms with Crippen molar-refractivity contribution >= 4 is 23.2 Å². The minimum atomic E-state index is 0.638. The maximum Gasteiger partial charge on any atom is 0.0595 e. The van der Waals surface area contributed by atoms with Crippen LogP contribution in [-0.2, 0) is 6.42 Å².